The second-order valence-corrected chi connectivity index (χ2v) is 4.12. The van der Waals surface area contributed by atoms with E-state index in [1.165, 1.54) is 6.33 Å². The van der Waals surface area contributed by atoms with Crippen LogP contribution in [0.2, 0.25) is 0 Å². The van der Waals surface area contributed by atoms with Gasteiger partial charge in [-0.3, -0.25) is 0 Å². The summed E-state index contributed by atoms with van der Waals surface area (Å²) in [6.45, 7) is 0. The zero-order valence-electron chi connectivity index (χ0n) is 10.7. The van der Waals surface area contributed by atoms with Crippen molar-refractivity contribution in [3.05, 3.63) is 35.9 Å². The van der Waals surface area contributed by atoms with Crippen LogP contribution in [-0.4, -0.2) is 27.0 Å². The first kappa shape index (κ1) is 13.2. The van der Waals surface area contributed by atoms with Gasteiger partial charge in [-0.1, -0.05) is 0 Å². The topological polar surface area (TPSA) is 78.5 Å². The fourth-order valence-corrected chi connectivity index (χ4v) is 1.78. The summed E-state index contributed by atoms with van der Waals surface area (Å²) in [4.78, 5) is 14.9. The molecule has 0 bridgehead atoms. The van der Waals surface area contributed by atoms with Crippen molar-refractivity contribution in [2.24, 2.45) is 0 Å². The maximum atomic E-state index is 13.7. The van der Waals surface area contributed by atoms with E-state index in [9.17, 15) is 13.2 Å². The summed E-state index contributed by atoms with van der Waals surface area (Å²) in [7, 11) is 1.61. The quantitative estimate of drug-likeness (QED) is 0.647. The Labute approximate surface area is 116 Å². The average Bonchev–Trinajstić information content (AvgIpc) is 2.93. The number of rotatable bonds is 3. The van der Waals surface area contributed by atoms with Crippen molar-refractivity contribution in [1.29, 1.82) is 0 Å². The zero-order chi connectivity index (χ0) is 15.0. The Hall–Kier alpha value is -2.84. The van der Waals surface area contributed by atoms with E-state index in [1.54, 1.807) is 7.05 Å². The highest BCUT2D eigenvalue weighted by molar-refractivity contribution is 5.86. The molecule has 0 aliphatic rings. The SMILES string of the molecule is CNc1nc(Nc2cc(F)c(F)cc2F)c2[nH]cnc2n1. The van der Waals surface area contributed by atoms with Crippen molar-refractivity contribution in [2.45, 2.75) is 0 Å². The number of aromatic nitrogens is 4. The van der Waals surface area contributed by atoms with Gasteiger partial charge < -0.3 is 15.6 Å². The number of fused-ring (bicyclic) bond motifs is 1. The highest BCUT2D eigenvalue weighted by Crippen LogP contribution is 2.25. The summed E-state index contributed by atoms with van der Waals surface area (Å²) in [5, 5.41) is 5.33. The number of halogens is 3. The van der Waals surface area contributed by atoms with Gasteiger partial charge in [-0.25, -0.2) is 18.2 Å². The first-order valence-electron chi connectivity index (χ1n) is 5.89. The van der Waals surface area contributed by atoms with E-state index in [0.717, 1.165) is 0 Å². The Bertz CT molecular complexity index is 816. The molecule has 3 rings (SSSR count). The zero-order valence-corrected chi connectivity index (χ0v) is 10.7. The lowest BCUT2D eigenvalue weighted by Crippen LogP contribution is -2.03. The van der Waals surface area contributed by atoms with Crippen molar-refractivity contribution in [2.75, 3.05) is 17.7 Å². The number of hydrogen-bond acceptors (Lipinski definition) is 5. The molecule has 3 N–H and O–H groups in total. The highest BCUT2D eigenvalue weighted by atomic mass is 19.2. The molecule has 0 radical (unpaired) electrons. The van der Waals surface area contributed by atoms with E-state index >= 15 is 0 Å². The predicted molar refractivity (Wildman–Crippen MR) is 70.8 cm³/mol. The number of anilines is 3. The standard InChI is InChI=1S/C12H9F3N6/c1-16-12-20-10-9(17-4-18-10)11(21-12)19-8-3-6(14)5(13)2-7(8)15/h2-4H,1H3,(H3,16,17,18,19,20,21). The van der Waals surface area contributed by atoms with Gasteiger partial charge >= 0.3 is 0 Å². The van der Waals surface area contributed by atoms with Gasteiger partial charge in [0.2, 0.25) is 5.95 Å². The predicted octanol–water partition coefficient (Wildman–Crippen LogP) is 2.56. The lowest BCUT2D eigenvalue weighted by atomic mass is 10.2. The lowest BCUT2D eigenvalue weighted by molar-refractivity contribution is 0.496. The number of benzene rings is 1. The average molecular weight is 294 g/mol. The van der Waals surface area contributed by atoms with Crippen LogP contribution in [0.1, 0.15) is 0 Å². The van der Waals surface area contributed by atoms with Crippen LogP contribution in [-0.2, 0) is 0 Å². The van der Waals surface area contributed by atoms with Crippen LogP contribution in [0.5, 0.6) is 0 Å². The summed E-state index contributed by atoms with van der Waals surface area (Å²) < 4.78 is 39.8. The number of hydrogen-bond donors (Lipinski definition) is 3. The van der Waals surface area contributed by atoms with Crippen LogP contribution in [0.3, 0.4) is 0 Å². The number of nitrogens with zero attached hydrogens (tertiary/aromatic N) is 3. The fraction of sp³-hybridized carbons (Fsp3) is 0.0833. The van der Waals surface area contributed by atoms with Gasteiger partial charge in [0, 0.05) is 19.2 Å². The molecule has 2 heterocycles. The number of aromatic amines is 1. The third-order valence-corrected chi connectivity index (χ3v) is 2.77. The first-order chi connectivity index (χ1) is 10.1. The maximum absolute atomic E-state index is 13.7. The molecule has 0 spiro atoms. The number of H-pyrrole nitrogens is 1. The third-order valence-electron chi connectivity index (χ3n) is 2.77. The molecule has 6 nitrogen and oxygen atoms in total. The third kappa shape index (κ3) is 2.33. The van der Waals surface area contributed by atoms with Gasteiger partial charge in [0.1, 0.15) is 11.3 Å². The van der Waals surface area contributed by atoms with Crippen LogP contribution in [0.25, 0.3) is 11.2 Å². The summed E-state index contributed by atoms with van der Waals surface area (Å²) in [5.74, 6) is -2.93. The smallest absolute Gasteiger partial charge is 0.226 e. The van der Waals surface area contributed by atoms with Crippen molar-refractivity contribution in [3.8, 4) is 0 Å². The molecule has 0 aliphatic carbocycles. The molecule has 0 saturated carbocycles. The molecule has 3 aromatic rings. The molecule has 1 aromatic carbocycles. The summed E-state index contributed by atoms with van der Waals surface area (Å²) in [5.41, 5.74) is 0.517. The van der Waals surface area contributed by atoms with Gasteiger partial charge in [-0.2, -0.15) is 9.97 Å². The minimum absolute atomic E-state index is 0.187. The molecule has 0 amide bonds. The van der Waals surface area contributed by atoms with Crippen LogP contribution in [0, 0.1) is 17.5 Å². The van der Waals surface area contributed by atoms with Crippen molar-refractivity contribution in [1.82, 2.24) is 19.9 Å². The minimum atomic E-state index is -1.26. The molecule has 0 aliphatic heterocycles. The molecule has 2 aromatic heterocycles. The van der Waals surface area contributed by atoms with E-state index in [2.05, 4.69) is 30.6 Å². The molecular formula is C12H9F3N6. The monoisotopic (exact) mass is 294 g/mol. The highest BCUT2D eigenvalue weighted by Gasteiger charge is 2.14. The Morgan fingerprint density at radius 1 is 1.05 bits per heavy atom. The van der Waals surface area contributed by atoms with Gasteiger partial charge in [0.05, 0.1) is 12.0 Å². The largest absolute Gasteiger partial charge is 0.357 e. The van der Waals surface area contributed by atoms with Crippen LogP contribution in [0.4, 0.5) is 30.6 Å². The normalized spacial score (nSPS) is 10.9. The van der Waals surface area contributed by atoms with Crippen LogP contribution in [0.15, 0.2) is 18.5 Å². The second-order valence-electron chi connectivity index (χ2n) is 4.12. The van der Waals surface area contributed by atoms with Crippen LogP contribution >= 0.6 is 0 Å². The minimum Gasteiger partial charge on any atom is -0.357 e. The Morgan fingerprint density at radius 3 is 2.57 bits per heavy atom. The van der Waals surface area contributed by atoms with E-state index < -0.39 is 17.5 Å². The van der Waals surface area contributed by atoms with E-state index in [1.807, 2.05) is 0 Å². The Morgan fingerprint density at radius 2 is 1.81 bits per heavy atom. The Balaban J connectivity index is 2.09. The van der Waals surface area contributed by atoms with Crippen molar-refractivity contribution in [3.63, 3.8) is 0 Å². The molecule has 0 saturated heterocycles. The van der Waals surface area contributed by atoms with E-state index in [-0.39, 0.29) is 17.5 Å². The molecule has 108 valence electrons. The molecular weight excluding hydrogens is 285 g/mol. The molecule has 9 heteroatoms. The summed E-state index contributed by atoms with van der Waals surface area (Å²) in [6, 6.07) is 1.18. The molecule has 21 heavy (non-hydrogen) atoms. The van der Waals surface area contributed by atoms with Crippen LogP contribution < -0.4 is 10.6 Å². The van der Waals surface area contributed by atoms with Crippen molar-refractivity contribution >= 4 is 28.6 Å². The summed E-state index contributed by atoms with van der Waals surface area (Å²) in [6.07, 6.45) is 1.39. The first-order valence-corrected chi connectivity index (χ1v) is 5.89. The molecule has 0 unspecified atom stereocenters. The number of nitrogens with one attached hydrogen (secondary N) is 3. The maximum Gasteiger partial charge on any atom is 0.226 e. The van der Waals surface area contributed by atoms with Crippen molar-refractivity contribution < 1.29 is 13.2 Å². The number of imidazole rings is 1. The molecule has 0 atom stereocenters. The van der Waals surface area contributed by atoms with Gasteiger partial charge in [-0.05, 0) is 0 Å². The summed E-state index contributed by atoms with van der Waals surface area (Å²) >= 11 is 0. The van der Waals surface area contributed by atoms with Gasteiger partial charge in [0.25, 0.3) is 0 Å². The van der Waals surface area contributed by atoms with Gasteiger partial charge in [0.15, 0.2) is 23.1 Å². The second kappa shape index (κ2) is 4.93. The fourth-order valence-electron chi connectivity index (χ4n) is 1.78. The lowest BCUT2D eigenvalue weighted by Gasteiger charge is -2.09. The van der Waals surface area contributed by atoms with E-state index in [4.69, 9.17) is 0 Å². The van der Waals surface area contributed by atoms with Gasteiger partial charge in [-0.15, -0.1) is 0 Å². The van der Waals surface area contributed by atoms with E-state index in [0.29, 0.717) is 23.3 Å². The molecule has 0 fully saturated rings. The Kier molecular flexibility index (Phi) is 3.09.